The summed E-state index contributed by atoms with van der Waals surface area (Å²) in [5.74, 6) is 2.01. The fourth-order valence-corrected chi connectivity index (χ4v) is 4.15. The topological polar surface area (TPSA) is 51.8 Å². The highest BCUT2D eigenvalue weighted by Crippen LogP contribution is 2.37. The Morgan fingerprint density at radius 2 is 1.10 bits per heavy atom. The summed E-state index contributed by atoms with van der Waals surface area (Å²) >= 11 is 0. The molecule has 0 heterocycles. The molecule has 2 N–H and O–H groups in total. The summed E-state index contributed by atoms with van der Waals surface area (Å²) in [6.07, 6.45) is -8.22. The molecule has 0 saturated heterocycles. The molecular formula is C31H28F6N2O3. The van der Waals surface area contributed by atoms with Crippen LogP contribution in [0.4, 0.5) is 37.7 Å². The SMILES string of the molecule is COc1cc(Oc2ccc(Nc3ccc(C(F)(F)F)cc3)cc2)cc(OC)c1CNCCc1ccc(C(F)(F)F)cc1. The predicted molar refractivity (Wildman–Crippen MR) is 148 cm³/mol. The van der Waals surface area contributed by atoms with E-state index in [1.807, 2.05) is 0 Å². The zero-order chi connectivity index (χ0) is 30.3. The van der Waals surface area contributed by atoms with Crippen molar-refractivity contribution in [2.45, 2.75) is 25.3 Å². The van der Waals surface area contributed by atoms with Crippen molar-refractivity contribution in [1.29, 1.82) is 0 Å². The van der Waals surface area contributed by atoms with Crippen molar-refractivity contribution in [2.24, 2.45) is 0 Å². The molecule has 0 saturated carbocycles. The molecule has 0 unspecified atom stereocenters. The lowest BCUT2D eigenvalue weighted by Crippen LogP contribution is -2.18. The van der Waals surface area contributed by atoms with Crippen molar-refractivity contribution < 1.29 is 40.6 Å². The van der Waals surface area contributed by atoms with E-state index in [-0.39, 0.29) is 0 Å². The van der Waals surface area contributed by atoms with Crippen molar-refractivity contribution >= 4 is 11.4 Å². The van der Waals surface area contributed by atoms with Gasteiger partial charge in [0.05, 0.1) is 30.9 Å². The van der Waals surface area contributed by atoms with Crippen molar-refractivity contribution in [3.8, 4) is 23.0 Å². The van der Waals surface area contributed by atoms with Gasteiger partial charge in [-0.3, -0.25) is 0 Å². The molecule has 222 valence electrons. The Labute approximate surface area is 239 Å². The van der Waals surface area contributed by atoms with E-state index in [4.69, 9.17) is 14.2 Å². The van der Waals surface area contributed by atoms with Crippen LogP contribution in [0.3, 0.4) is 0 Å². The number of benzene rings is 4. The van der Waals surface area contributed by atoms with E-state index in [0.717, 1.165) is 35.4 Å². The molecule has 0 aliphatic heterocycles. The van der Waals surface area contributed by atoms with Gasteiger partial charge >= 0.3 is 12.4 Å². The molecule has 0 fully saturated rings. The van der Waals surface area contributed by atoms with E-state index in [0.29, 0.717) is 53.9 Å². The van der Waals surface area contributed by atoms with Crippen LogP contribution in [-0.2, 0) is 25.3 Å². The summed E-state index contributed by atoms with van der Waals surface area (Å²) < 4.78 is 93.7. The highest BCUT2D eigenvalue weighted by molar-refractivity contribution is 5.61. The van der Waals surface area contributed by atoms with Gasteiger partial charge in [-0.15, -0.1) is 0 Å². The quantitative estimate of drug-likeness (QED) is 0.135. The third-order valence-corrected chi connectivity index (χ3v) is 6.35. The van der Waals surface area contributed by atoms with Crippen molar-refractivity contribution in [3.05, 3.63) is 107 Å². The van der Waals surface area contributed by atoms with Crippen LogP contribution < -0.4 is 24.8 Å². The predicted octanol–water partition coefficient (Wildman–Crippen LogP) is 8.61. The van der Waals surface area contributed by atoms with Crippen LogP contribution >= 0.6 is 0 Å². The Balaban J connectivity index is 1.35. The molecule has 0 aromatic heterocycles. The molecule has 0 amide bonds. The van der Waals surface area contributed by atoms with Crippen LogP contribution in [0.25, 0.3) is 0 Å². The highest BCUT2D eigenvalue weighted by atomic mass is 19.4. The number of anilines is 2. The number of hydrogen-bond acceptors (Lipinski definition) is 5. The standard InChI is InChI=1S/C31H28F6N2O3/c1-40-28-17-26(42-25-13-11-24(12-14-25)39-23-9-7-22(8-10-23)31(35,36)37)18-29(41-2)27(28)19-38-16-15-20-3-5-21(6-4-20)30(32,33)34/h3-14,17-18,38-39H,15-16,19H2,1-2H3. The zero-order valence-electron chi connectivity index (χ0n) is 22.7. The molecule has 0 atom stereocenters. The largest absolute Gasteiger partial charge is 0.496 e. The number of ether oxygens (including phenoxy) is 3. The maximum atomic E-state index is 12.8. The first kappa shape index (κ1) is 30.6. The summed E-state index contributed by atoms with van der Waals surface area (Å²) in [6.45, 7) is 0.903. The van der Waals surface area contributed by atoms with Gasteiger partial charge in [-0.05, 0) is 79.2 Å². The number of alkyl halides is 6. The summed E-state index contributed by atoms with van der Waals surface area (Å²) in [5.41, 5.74) is 1.30. The molecular weight excluding hydrogens is 562 g/mol. The van der Waals surface area contributed by atoms with Crippen LogP contribution in [-0.4, -0.2) is 20.8 Å². The lowest BCUT2D eigenvalue weighted by atomic mass is 10.1. The molecule has 0 radical (unpaired) electrons. The Hall–Kier alpha value is -4.38. The third kappa shape index (κ3) is 8.10. The minimum atomic E-state index is -4.39. The van der Waals surface area contributed by atoms with Crippen LogP contribution in [0.15, 0.2) is 84.9 Å². The van der Waals surface area contributed by atoms with E-state index in [2.05, 4.69) is 10.6 Å². The number of hydrogen-bond donors (Lipinski definition) is 2. The van der Waals surface area contributed by atoms with Gasteiger partial charge in [-0.1, -0.05) is 12.1 Å². The first-order valence-electron chi connectivity index (χ1n) is 12.8. The third-order valence-electron chi connectivity index (χ3n) is 6.35. The van der Waals surface area contributed by atoms with E-state index in [1.165, 1.54) is 38.5 Å². The number of methoxy groups -OCH3 is 2. The molecule has 0 spiro atoms. The Bertz CT molecular complexity index is 1430. The van der Waals surface area contributed by atoms with Crippen LogP contribution in [0.1, 0.15) is 22.3 Å². The second-order valence-electron chi connectivity index (χ2n) is 9.25. The molecule has 0 aliphatic carbocycles. The molecule has 11 heteroatoms. The Kier molecular flexibility index (Phi) is 9.52. The smallest absolute Gasteiger partial charge is 0.416 e. The zero-order valence-corrected chi connectivity index (χ0v) is 22.7. The Morgan fingerprint density at radius 3 is 1.57 bits per heavy atom. The van der Waals surface area contributed by atoms with Gasteiger partial charge in [-0.2, -0.15) is 26.3 Å². The minimum Gasteiger partial charge on any atom is -0.496 e. The molecule has 0 bridgehead atoms. The first-order chi connectivity index (χ1) is 20.0. The molecule has 42 heavy (non-hydrogen) atoms. The van der Waals surface area contributed by atoms with Gasteiger partial charge in [0.2, 0.25) is 0 Å². The van der Waals surface area contributed by atoms with Gasteiger partial charge in [0, 0.05) is 30.1 Å². The lowest BCUT2D eigenvalue weighted by molar-refractivity contribution is -0.138. The monoisotopic (exact) mass is 590 g/mol. The van der Waals surface area contributed by atoms with Crippen molar-refractivity contribution in [2.75, 3.05) is 26.1 Å². The Morgan fingerprint density at radius 1 is 0.619 bits per heavy atom. The molecule has 4 aromatic rings. The second kappa shape index (κ2) is 13.1. The normalized spacial score (nSPS) is 11.7. The number of nitrogens with one attached hydrogen (secondary N) is 2. The van der Waals surface area contributed by atoms with Gasteiger partial charge in [-0.25, -0.2) is 0 Å². The summed E-state index contributed by atoms with van der Waals surface area (Å²) in [7, 11) is 3.04. The second-order valence-corrected chi connectivity index (χ2v) is 9.25. The van der Waals surface area contributed by atoms with Crippen LogP contribution in [0.5, 0.6) is 23.0 Å². The molecule has 5 nitrogen and oxygen atoms in total. The number of rotatable bonds is 11. The van der Waals surface area contributed by atoms with E-state index in [1.54, 1.807) is 36.4 Å². The number of halogens is 6. The molecule has 4 aromatic carbocycles. The first-order valence-corrected chi connectivity index (χ1v) is 12.8. The maximum absolute atomic E-state index is 12.8. The fourth-order valence-electron chi connectivity index (χ4n) is 4.15. The average Bonchev–Trinajstić information content (AvgIpc) is 2.96. The minimum absolute atomic E-state index is 0.386. The lowest BCUT2D eigenvalue weighted by Gasteiger charge is -2.17. The van der Waals surface area contributed by atoms with Crippen molar-refractivity contribution in [3.63, 3.8) is 0 Å². The molecule has 4 rings (SSSR count). The van der Waals surface area contributed by atoms with Gasteiger partial charge < -0.3 is 24.8 Å². The van der Waals surface area contributed by atoms with Crippen molar-refractivity contribution in [1.82, 2.24) is 5.32 Å². The van der Waals surface area contributed by atoms with Crippen LogP contribution in [0, 0.1) is 0 Å². The summed E-state index contributed by atoms with van der Waals surface area (Å²) in [4.78, 5) is 0. The summed E-state index contributed by atoms with van der Waals surface area (Å²) in [6, 6.07) is 20.1. The average molecular weight is 591 g/mol. The van der Waals surface area contributed by atoms with Gasteiger partial charge in [0.1, 0.15) is 23.0 Å². The van der Waals surface area contributed by atoms with Crippen LogP contribution in [0.2, 0.25) is 0 Å². The maximum Gasteiger partial charge on any atom is 0.416 e. The molecule has 0 aliphatic rings. The highest BCUT2D eigenvalue weighted by Gasteiger charge is 2.30. The van der Waals surface area contributed by atoms with E-state index in [9.17, 15) is 26.3 Å². The fraction of sp³-hybridized carbons (Fsp3) is 0.226. The van der Waals surface area contributed by atoms with E-state index >= 15 is 0 Å². The van der Waals surface area contributed by atoms with E-state index < -0.39 is 23.5 Å². The summed E-state index contributed by atoms with van der Waals surface area (Å²) in [5, 5.41) is 6.31. The van der Waals surface area contributed by atoms with Gasteiger partial charge in [0.15, 0.2) is 0 Å². The van der Waals surface area contributed by atoms with Gasteiger partial charge in [0.25, 0.3) is 0 Å².